The predicted octanol–water partition coefficient (Wildman–Crippen LogP) is 4.92. The second-order valence-corrected chi connectivity index (χ2v) is 6.06. The van der Waals surface area contributed by atoms with Crippen LogP contribution in [-0.2, 0) is 24.1 Å². The molecule has 0 saturated heterocycles. The average molecular weight is 352 g/mol. The first kappa shape index (κ1) is 22.1. The van der Waals surface area contributed by atoms with Gasteiger partial charge in [-0.15, -0.1) is 11.3 Å². The van der Waals surface area contributed by atoms with E-state index in [2.05, 4.69) is 11.9 Å². The minimum atomic E-state index is -0.835. The number of thiazole rings is 1. The number of carbonyl (C=O) groups is 1. The summed E-state index contributed by atoms with van der Waals surface area (Å²) in [5, 5.41) is 9.88. The van der Waals surface area contributed by atoms with Crippen LogP contribution in [0.1, 0.15) is 49.3 Å². The monoisotopic (exact) mass is 351 g/mol. The smallest absolute Gasteiger partial charge is 0.307 e. The molecule has 1 aromatic carbocycles. The van der Waals surface area contributed by atoms with Crippen LogP contribution in [0.5, 0.6) is 5.75 Å². The molecule has 0 fully saturated rings. The Kier molecular flexibility index (Phi) is 10.7. The van der Waals surface area contributed by atoms with Crippen LogP contribution in [0, 0.1) is 6.92 Å². The van der Waals surface area contributed by atoms with Crippen LogP contribution in [0.2, 0.25) is 0 Å². The molecule has 4 nitrogen and oxygen atoms in total. The summed E-state index contributed by atoms with van der Waals surface area (Å²) in [6.45, 7) is 8.70. The van der Waals surface area contributed by atoms with Gasteiger partial charge >= 0.3 is 5.97 Å². The van der Waals surface area contributed by atoms with Gasteiger partial charge in [0, 0.05) is 11.3 Å². The van der Waals surface area contributed by atoms with Crippen molar-refractivity contribution >= 4 is 17.3 Å². The van der Waals surface area contributed by atoms with E-state index in [0.717, 1.165) is 29.1 Å². The lowest BCUT2D eigenvalue weighted by molar-refractivity contribution is -0.136. The molecule has 2 aromatic rings. The molecular weight excluding hydrogens is 322 g/mol. The van der Waals surface area contributed by atoms with Crippen molar-refractivity contribution in [3.05, 3.63) is 45.4 Å². The van der Waals surface area contributed by atoms with Crippen molar-refractivity contribution in [2.24, 2.45) is 0 Å². The summed E-state index contributed by atoms with van der Waals surface area (Å²) in [7, 11) is 0. The highest BCUT2D eigenvalue weighted by Gasteiger charge is 2.08. The first-order valence-corrected chi connectivity index (χ1v) is 8.79. The maximum atomic E-state index is 10.7. The number of hydrogen-bond donors (Lipinski definition) is 1. The van der Waals surface area contributed by atoms with Crippen LogP contribution in [-0.4, -0.2) is 22.7 Å². The minimum absolute atomic E-state index is 0. The zero-order valence-corrected chi connectivity index (χ0v) is 15.1. The topological polar surface area (TPSA) is 59.4 Å². The van der Waals surface area contributed by atoms with Gasteiger partial charge in [0.15, 0.2) is 0 Å². The van der Waals surface area contributed by atoms with Crippen molar-refractivity contribution in [3.63, 3.8) is 0 Å². The number of rotatable bonds is 7. The molecule has 0 radical (unpaired) electrons. The van der Waals surface area contributed by atoms with Gasteiger partial charge in [0.2, 0.25) is 0 Å². The van der Waals surface area contributed by atoms with Crippen LogP contribution >= 0.6 is 11.3 Å². The maximum absolute atomic E-state index is 10.7. The van der Waals surface area contributed by atoms with Crippen LogP contribution < -0.4 is 4.74 Å². The van der Waals surface area contributed by atoms with Gasteiger partial charge in [0.05, 0.1) is 23.7 Å². The Labute approximate surface area is 149 Å². The average Bonchev–Trinajstić information content (AvgIpc) is 2.89. The van der Waals surface area contributed by atoms with Crippen LogP contribution in [0.3, 0.4) is 0 Å². The van der Waals surface area contributed by atoms with E-state index < -0.39 is 5.97 Å². The van der Waals surface area contributed by atoms with Gasteiger partial charge in [-0.05, 0) is 31.0 Å². The highest BCUT2D eigenvalue weighted by atomic mass is 32.1. The summed E-state index contributed by atoms with van der Waals surface area (Å²) in [5.74, 6) is -0.128. The van der Waals surface area contributed by atoms with E-state index in [4.69, 9.17) is 9.84 Å². The lowest BCUT2D eigenvalue weighted by Crippen LogP contribution is -2.04. The second kappa shape index (κ2) is 11.6. The minimum Gasteiger partial charge on any atom is -0.493 e. The van der Waals surface area contributed by atoms with Gasteiger partial charge in [-0.1, -0.05) is 40.3 Å². The summed E-state index contributed by atoms with van der Waals surface area (Å²) >= 11 is 1.74. The molecule has 0 aliphatic rings. The zero-order valence-electron chi connectivity index (χ0n) is 14.3. The Hall–Kier alpha value is -1.88. The van der Waals surface area contributed by atoms with E-state index in [1.54, 1.807) is 23.5 Å². The molecule has 0 atom stereocenters. The number of ether oxygens (including phenoxy) is 1. The lowest BCUT2D eigenvalue weighted by Gasteiger charge is -2.07. The Bertz CT molecular complexity index is 623. The van der Waals surface area contributed by atoms with E-state index in [0.29, 0.717) is 12.4 Å². The Morgan fingerprint density at radius 1 is 1.33 bits per heavy atom. The highest BCUT2D eigenvalue weighted by Crippen LogP contribution is 2.20. The number of nitrogens with zero attached hydrogens (tertiary/aromatic N) is 1. The third-order valence-corrected chi connectivity index (χ3v) is 4.23. The molecule has 1 aromatic heterocycles. The molecule has 0 amide bonds. The van der Waals surface area contributed by atoms with Gasteiger partial charge in [-0.25, -0.2) is 4.98 Å². The summed E-state index contributed by atoms with van der Waals surface area (Å²) in [5.41, 5.74) is 1.86. The standard InChI is InChI=1S/C16H19NO3S.C2H6.CH4/c1-3-15-14(17-11(2)21-15)7-8-20-13-6-4-5-12(9-13)10-16(18)19;1-2;/h4-6,9H,3,7-8,10H2,1-2H3,(H,18,19);1-2H3;1H4. The summed E-state index contributed by atoms with van der Waals surface area (Å²) in [6, 6.07) is 7.23. The number of aliphatic carboxylic acids is 1. The van der Waals surface area contributed by atoms with E-state index in [1.807, 2.05) is 32.9 Å². The van der Waals surface area contributed by atoms with E-state index in [-0.39, 0.29) is 13.8 Å². The largest absolute Gasteiger partial charge is 0.493 e. The maximum Gasteiger partial charge on any atom is 0.307 e. The molecule has 1 heterocycles. The second-order valence-electron chi connectivity index (χ2n) is 4.77. The van der Waals surface area contributed by atoms with Crippen LogP contribution in [0.4, 0.5) is 0 Å². The normalized spacial score (nSPS) is 9.50. The number of carboxylic acids is 1. The van der Waals surface area contributed by atoms with Gasteiger partial charge in [0.25, 0.3) is 0 Å². The fourth-order valence-electron chi connectivity index (χ4n) is 2.17. The van der Waals surface area contributed by atoms with Gasteiger partial charge in [-0.2, -0.15) is 0 Å². The van der Waals surface area contributed by atoms with Crippen molar-refractivity contribution in [1.82, 2.24) is 4.98 Å². The van der Waals surface area contributed by atoms with Crippen molar-refractivity contribution in [2.75, 3.05) is 6.61 Å². The molecule has 0 bridgehead atoms. The van der Waals surface area contributed by atoms with E-state index >= 15 is 0 Å². The number of aryl methyl sites for hydroxylation is 2. The molecule has 5 heteroatoms. The first-order valence-electron chi connectivity index (χ1n) is 7.97. The molecule has 0 unspecified atom stereocenters. The lowest BCUT2D eigenvalue weighted by atomic mass is 10.1. The van der Waals surface area contributed by atoms with Gasteiger partial charge in [-0.3, -0.25) is 4.79 Å². The molecule has 0 spiro atoms. The number of hydrogen-bond acceptors (Lipinski definition) is 4. The summed E-state index contributed by atoms with van der Waals surface area (Å²) in [4.78, 5) is 16.5. The molecule has 2 rings (SSSR count). The Morgan fingerprint density at radius 3 is 2.67 bits per heavy atom. The zero-order chi connectivity index (χ0) is 17.2. The molecule has 0 aliphatic heterocycles. The molecule has 0 saturated carbocycles. The molecule has 134 valence electrons. The van der Waals surface area contributed by atoms with Crippen LogP contribution in [0.15, 0.2) is 24.3 Å². The summed E-state index contributed by atoms with van der Waals surface area (Å²) in [6.07, 6.45) is 1.79. The third kappa shape index (κ3) is 7.13. The van der Waals surface area contributed by atoms with Gasteiger partial charge in [0.1, 0.15) is 5.75 Å². The molecular formula is C19H29NO3S. The van der Waals surface area contributed by atoms with Crippen molar-refractivity contribution in [3.8, 4) is 5.75 Å². The number of aromatic nitrogens is 1. The molecule has 1 N–H and O–H groups in total. The molecule has 0 aliphatic carbocycles. The third-order valence-electron chi connectivity index (χ3n) is 3.07. The fraction of sp³-hybridized carbons (Fsp3) is 0.474. The van der Waals surface area contributed by atoms with Crippen molar-refractivity contribution in [2.45, 2.75) is 54.4 Å². The quantitative estimate of drug-likeness (QED) is 0.769. The Balaban J connectivity index is 0.00000170. The summed E-state index contributed by atoms with van der Waals surface area (Å²) < 4.78 is 5.71. The van der Waals surface area contributed by atoms with Gasteiger partial charge < -0.3 is 9.84 Å². The highest BCUT2D eigenvalue weighted by molar-refractivity contribution is 7.11. The predicted molar refractivity (Wildman–Crippen MR) is 101 cm³/mol. The van der Waals surface area contributed by atoms with E-state index in [1.165, 1.54) is 4.88 Å². The first-order chi connectivity index (χ1) is 11.1. The molecule has 24 heavy (non-hydrogen) atoms. The number of benzene rings is 1. The number of carboxylic acid groups (broad SMARTS) is 1. The SMILES string of the molecule is C.CC.CCc1sc(C)nc1CCOc1cccc(CC(=O)O)c1. The van der Waals surface area contributed by atoms with Crippen molar-refractivity contribution in [1.29, 1.82) is 0 Å². The fourth-order valence-corrected chi connectivity index (χ4v) is 3.09. The van der Waals surface area contributed by atoms with Crippen LogP contribution in [0.25, 0.3) is 0 Å². The van der Waals surface area contributed by atoms with Crippen molar-refractivity contribution < 1.29 is 14.6 Å². The Morgan fingerprint density at radius 2 is 2.04 bits per heavy atom. The van der Waals surface area contributed by atoms with E-state index in [9.17, 15) is 4.79 Å².